The van der Waals surface area contributed by atoms with Crippen LogP contribution >= 0.6 is 0 Å². The van der Waals surface area contributed by atoms with Crippen LogP contribution in [-0.4, -0.2) is 20.2 Å². The first-order valence-corrected chi connectivity index (χ1v) is 16.9. The summed E-state index contributed by atoms with van der Waals surface area (Å²) in [6, 6.07) is 52.6. The largest absolute Gasteiger partial charge is 0.331 e. The summed E-state index contributed by atoms with van der Waals surface area (Å²) in [7, 11) is 0. The number of anilines is 2. The fourth-order valence-electron chi connectivity index (χ4n) is 8.04. The number of para-hydroxylation sites is 3. The second-order valence-corrected chi connectivity index (χ2v) is 12.8. The fourth-order valence-corrected chi connectivity index (χ4v) is 8.04. The van der Waals surface area contributed by atoms with Crippen molar-refractivity contribution in [3.05, 3.63) is 188 Å². The van der Waals surface area contributed by atoms with Crippen molar-refractivity contribution in [3.63, 3.8) is 0 Å². The summed E-state index contributed by atoms with van der Waals surface area (Å²) in [5.74, 6) is 1.15. The lowest BCUT2D eigenvalue weighted by Crippen LogP contribution is -2.30. The second-order valence-electron chi connectivity index (χ2n) is 12.8. The number of nitrogens with zero attached hydrogens (tertiary/aromatic N) is 4. The molecule has 0 spiro atoms. The van der Waals surface area contributed by atoms with Crippen LogP contribution in [0.4, 0.5) is 11.4 Å². The molecule has 49 heavy (non-hydrogen) atoms. The number of fused-ring (bicyclic) bond motifs is 6. The van der Waals surface area contributed by atoms with Gasteiger partial charge in [-0.1, -0.05) is 140 Å². The monoisotopic (exact) mass is 628 g/mol. The van der Waals surface area contributed by atoms with E-state index in [-0.39, 0.29) is 12.0 Å². The van der Waals surface area contributed by atoms with Crippen molar-refractivity contribution in [2.45, 2.75) is 12.0 Å². The van der Waals surface area contributed by atoms with Crippen LogP contribution in [0.2, 0.25) is 0 Å². The van der Waals surface area contributed by atoms with Gasteiger partial charge in [0.2, 0.25) is 0 Å². The molecule has 0 radical (unpaired) electrons. The minimum Gasteiger partial charge on any atom is -0.331 e. The van der Waals surface area contributed by atoms with Gasteiger partial charge >= 0.3 is 0 Å². The van der Waals surface area contributed by atoms with Crippen LogP contribution in [0.5, 0.6) is 0 Å². The molecule has 3 heterocycles. The van der Waals surface area contributed by atoms with Crippen molar-refractivity contribution in [2.75, 3.05) is 4.90 Å². The Balaban J connectivity index is 1.38. The predicted molar refractivity (Wildman–Crippen MR) is 202 cm³/mol. The molecule has 0 amide bonds. The first kappa shape index (κ1) is 27.7. The van der Waals surface area contributed by atoms with Gasteiger partial charge in [0, 0.05) is 40.3 Å². The van der Waals surface area contributed by atoms with Crippen LogP contribution in [0.15, 0.2) is 182 Å². The molecule has 6 aromatic carbocycles. The third kappa shape index (κ3) is 4.27. The van der Waals surface area contributed by atoms with Gasteiger partial charge in [-0.3, -0.25) is 4.57 Å². The molecule has 10 rings (SSSR count). The molecular weight excluding hydrogens is 597 g/mol. The number of aromatic nitrogens is 3. The highest BCUT2D eigenvalue weighted by Crippen LogP contribution is 2.51. The molecule has 0 saturated heterocycles. The number of hydrogen-bond donors (Lipinski definition) is 0. The van der Waals surface area contributed by atoms with Gasteiger partial charge in [-0.15, -0.1) is 0 Å². The number of benzene rings is 6. The zero-order valence-electron chi connectivity index (χ0n) is 26.8. The van der Waals surface area contributed by atoms with Crippen molar-refractivity contribution in [1.82, 2.24) is 14.1 Å². The Morgan fingerprint density at radius 1 is 0.510 bits per heavy atom. The molecule has 0 saturated carbocycles. The molecule has 4 heteroatoms. The molecule has 4 nitrogen and oxygen atoms in total. The highest BCUT2D eigenvalue weighted by molar-refractivity contribution is 6.10. The predicted octanol–water partition coefficient (Wildman–Crippen LogP) is 11.0. The highest BCUT2D eigenvalue weighted by Gasteiger charge is 2.39. The minimum absolute atomic E-state index is 0.127. The van der Waals surface area contributed by atoms with E-state index in [1.807, 2.05) is 6.20 Å². The average molecular weight is 629 g/mol. The molecule has 232 valence electrons. The summed E-state index contributed by atoms with van der Waals surface area (Å²) in [6.45, 7) is 0. The van der Waals surface area contributed by atoms with E-state index in [0.29, 0.717) is 0 Å². The smallest absolute Gasteiger partial charge is 0.144 e. The molecule has 0 bridgehead atoms. The first-order chi connectivity index (χ1) is 24.3. The van der Waals surface area contributed by atoms with Gasteiger partial charge in [-0.05, 0) is 47.0 Å². The number of imidazole rings is 1. The summed E-state index contributed by atoms with van der Waals surface area (Å²) in [5.41, 5.74) is 11.6. The number of hydrogen-bond acceptors (Lipinski definition) is 2. The second kappa shape index (κ2) is 11.1. The maximum Gasteiger partial charge on any atom is 0.144 e. The van der Waals surface area contributed by atoms with E-state index >= 15 is 0 Å². The van der Waals surface area contributed by atoms with E-state index in [4.69, 9.17) is 4.98 Å². The standard InChI is InChI=1S/C45H32N4/c1-3-15-31(16-4-1)33-29-42(48-38-23-11-7-19-34(38)35-20-8-12-24-39(35)48)44(47-28-27-46-45(47)32-17-5-2-6-18-32)43(30-33)49-40-25-13-9-21-36(40)37-22-10-14-26-41(37)49/h1-30,34,38H. The van der Waals surface area contributed by atoms with E-state index in [0.717, 1.165) is 34.0 Å². The molecule has 2 atom stereocenters. The zero-order chi connectivity index (χ0) is 32.3. The van der Waals surface area contributed by atoms with Gasteiger partial charge in [-0.2, -0.15) is 0 Å². The fraction of sp³-hybridized carbons (Fsp3) is 0.0444. The Labute approximate surface area is 285 Å². The maximum atomic E-state index is 4.99. The summed E-state index contributed by atoms with van der Waals surface area (Å²) in [4.78, 5) is 7.56. The third-order valence-electron chi connectivity index (χ3n) is 10.1. The van der Waals surface area contributed by atoms with Crippen molar-refractivity contribution < 1.29 is 0 Å². The van der Waals surface area contributed by atoms with E-state index < -0.39 is 0 Å². The van der Waals surface area contributed by atoms with Gasteiger partial charge in [0.1, 0.15) is 5.82 Å². The quantitative estimate of drug-likeness (QED) is 0.190. The van der Waals surface area contributed by atoms with Gasteiger partial charge in [-0.25, -0.2) is 4.98 Å². The lowest BCUT2D eigenvalue weighted by molar-refractivity contribution is 0.742. The lowest BCUT2D eigenvalue weighted by Gasteiger charge is -2.32. The number of allylic oxidation sites excluding steroid dienone is 2. The highest BCUT2D eigenvalue weighted by atomic mass is 15.2. The van der Waals surface area contributed by atoms with Crippen molar-refractivity contribution >= 4 is 33.2 Å². The molecule has 2 aromatic heterocycles. The zero-order valence-corrected chi connectivity index (χ0v) is 26.8. The van der Waals surface area contributed by atoms with Crippen molar-refractivity contribution in [2.24, 2.45) is 0 Å². The van der Waals surface area contributed by atoms with E-state index in [2.05, 4.69) is 190 Å². The lowest BCUT2D eigenvalue weighted by atomic mass is 9.91. The Hall–Kier alpha value is -6.39. The molecule has 8 aromatic rings. The van der Waals surface area contributed by atoms with Gasteiger partial charge in [0.05, 0.1) is 34.1 Å². The van der Waals surface area contributed by atoms with Crippen LogP contribution in [0.1, 0.15) is 11.5 Å². The van der Waals surface area contributed by atoms with Crippen LogP contribution < -0.4 is 4.90 Å². The molecule has 2 unspecified atom stereocenters. The average Bonchev–Trinajstić information content (AvgIpc) is 3.88. The normalized spacial score (nSPS) is 16.4. The molecule has 1 aliphatic carbocycles. The molecule has 2 aliphatic rings. The van der Waals surface area contributed by atoms with Crippen molar-refractivity contribution in [3.8, 4) is 33.9 Å². The molecule has 1 aliphatic heterocycles. The Morgan fingerprint density at radius 2 is 1.12 bits per heavy atom. The summed E-state index contributed by atoms with van der Waals surface area (Å²) >= 11 is 0. The Morgan fingerprint density at radius 3 is 1.88 bits per heavy atom. The minimum atomic E-state index is 0.127. The van der Waals surface area contributed by atoms with Crippen LogP contribution in [0.25, 0.3) is 55.7 Å². The van der Waals surface area contributed by atoms with Gasteiger partial charge in [0.15, 0.2) is 0 Å². The van der Waals surface area contributed by atoms with Crippen LogP contribution in [0.3, 0.4) is 0 Å². The molecule has 0 fully saturated rings. The van der Waals surface area contributed by atoms with E-state index in [1.165, 1.54) is 38.6 Å². The third-order valence-corrected chi connectivity index (χ3v) is 10.1. The van der Waals surface area contributed by atoms with E-state index in [1.54, 1.807) is 0 Å². The first-order valence-electron chi connectivity index (χ1n) is 16.9. The SMILES string of the molecule is C1=CC2c3ccccc3N(c3cc(-c4ccccc4)cc(-n4c5ccccc5c5ccccc54)c3-n3ccnc3-c3ccccc3)C2C=C1. The molecule has 0 N–H and O–H groups in total. The topological polar surface area (TPSA) is 26.0 Å². The summed E-state index contributed by atoms with van der Waals surface area (Å²) in [6.07, 6.45) is 13.1. The van der Waals surface area contributed by atoms with Crippen molar-refractivity contribution in [1.29, 1.82) is 0 Å². The Bertz CT molecular complexity index is 2520. The van der Waals surface area contributed by atoms with Crippen LogP contribution in [0, 0.1) is 0 Å². The maximum absolute atomic E-state index is 4.99. The van der Waals surface area contributed by atoms with E-state index in [9.17, 15) is 0 Å². The van der Waals surface area contributed by atoms with Gasteiger partial charge in [0.25, 0.3) is 0 Å². The van der Waals surface area contributed by atoms with Crippen LogP contribution in [-0.2, 0) is 0 Å². The Kier molecular flexibility index (Phi) is 6.28. The number of rotatable bonds is 5. The van der Waals surface area contributed by atoms with Gasteiger partial charge < -0.3 is 9.47 Å². The summed E-state index contributed by atoms with van der Waals surface area (Å²) < 4.78 is 4.76. The summed E-state index contributed by atoms with van der Waals surface area (Å²) in [5, 5.41) is 2.47. The molecular formula is C45H32N4.